The van der Waals surface area contributed by atoms with Crippen LogP contribution in [0.2, 0.25) is 0 Å². The van der Waals surface area contributed by atoms with Crippen LogP contribution >= 0.6 is 0 Å². The normalized spacial score (nSPS) is 43.4. The maximum atomic E-state index is 13.6. The van der Waals surface area contributed by atoms with Crippen molar-refractivity contribution in [3.8, 4) is 0 Å². The molecule has 1 saturated heterocycles. The molecule has 0 amide bonds. The van der Waals surface area contributed by atoms with Gasteiger partial charge in [-0.3, -0.25) is 4.79 Å². The van der Waals surface area contributed by atoms with Crippen molar-refractivity contribution in [2.24, 2.45) is 68.5 Å². The summed E-state index contributed by atoms with van der Waals surface area (Å²) in [6.45, 7) is 25.2. The second-order valence-electron chi connectivity index (χ2n) is 20.4. The van der Waals surface area contributed by atoms with E-state index in [1.54, 1.807) is 11.9 Å². The van der Waals surface area contributed by atoms with Gasteiger partial charge in [-0.15, -0.1) is 0 Å². The van der Waals surface area contributed by atoms with Crippen molar-refractivity contribution >= 4 is 12.0 Å². The van der Waals surface area contributed by atoms with E-state index in [0.29, 0.717) is 55.3 Å². The largest absolute Gasteiger partial charge is 0.481 e. The average Bonchev–Trinajstić information content (AvgIpc) is 3.80. The van der Waals surface area contributed by atoms with Crippen molar-refractivity contribution in [3.63, 3.8) is 0 Å². The molecule has 8 heteroatoms. The van der Waals surface area contributed by atoms with Crippen LogP contribution in [0.15, 0.2) is 24.1 Å². The number of carboxylic acids is 1. The number of ether oxygens (including phenoxy) is 2. The number of aromatic nitrogens is 3. The smallest absolute Gasteiger partial charge is 0.307 e. The third kappa shape index (κ3) is 5.48. The van der Waals surface area contributed by atoms with Crippen LogP contribution in [0.3, 0.4) is 0 Å². The zero-order chi connectivity index (χ0) is 37.6. The van der Waals surface area contributed by atoms with Crippen LogP contribution in [0.1, 0.15) is 132 Å². The van der Waals surface area contributed by atoms with Gasteiger partial charge in [-0.05, 0) is 123 Å². The molecule has 0 aromatic carbocycles. The van der Waals surface area contributed by atoms with E-state index in [-0.39, 0.29) is 44.8 Å². The number of nitrogens with zero attached hydrogens (tertiary/aromatic N) is 3. The Hall–Kier alpha value is -2.03. The quantitative estimate of drug-likeness (QED) is 0.221. The van der Waals surface area contributed by atoms with Crippen molar-refractivity contribution < 1.29 is 19.4 Å². The summed E-state index contributed by atoms with van der Waals surface area (Å²) >= 11 is 0. The Morgan fingerprint density at radius 2 is 1.83 bits per heavy atom. The Balaban J connectivity index is 1.33. The molecule has 5 aliphatic carbocycles. The number of carbonyl (C=O) groups is 1. The van der Waals surface area contributed by atoms with Gasteiger partial charge in [0.2, 0.25) is 0 Å². The molecule has 1 aliphatic heterocycles. The molecule has 2 N–H and O–H groups in total. The molecule has 6 aliphatic rings. The van der Waals surface area contributed by atoms with Crippen LogP contribution in [0.25, 0.3) is 6.08 Å². The molecule has 5 fully saturated rings. The van der Waals surface area contributed by atoms with Crippen molar-refractivity contribution in [3.05, 3.63) is 29.9 Å². The number of allylic oxidation sites excluding steroid dienone is 2. The molecule has 1 aromatic rings. The van der Waals surface area contributed by atoms with Gasteiger partial charge in [0.05, 0.1) is 37.9 Å². The Morgan fingerprint density at radius 1 is 1.10 bits per heavy atom. The Morgan fingerprint density at radius 3 is 2.46 bits per heavy atom. The third-order valence-electron chi connectivity index (χ3n) is 17.6. The van der Waals surface area contributed by atoms with Crippen LogP contribution in [0.4, 0.5) is 0 Å². The molecular formula is C44H70N4O4. The highest BCUT2D eigenvalue weighted by molar-refractivity contribution is 5.73. The van der Waals surface area contributed by atoms with E-state index in [1.807, 2.05) is 7.05 Å². The topological polar surface area (TPSA) is 98.5 Å². The highest BCUT2D eigenvalue weighted by Crippen LogP contribution is 2.75. The van der Waals surface area contributed by atoms with Crippen molar-refractivity contribution in [1.82, 2.24) is 20.1 Å². The van der Waals surface area contributed by atoms with Crippen LogP contribution < -0.4 is 5.32 Å². The summed E-state index contributed by atoms with van der Waals surface area (Å²) in [5.74, 6) is 2.45. The maximum absolute atomic E-state index is 13.6. The molecule has 8 nitrogen and oxygen atoms in total. The lowest BCUT2D eigenvalue weighted by atomic mass is 9.34. The predicted octanol–water partition coefficient (Wildman–Crippen LogP) is 8.85. The summed E-state index contributed by atoms with van der Waals surface area (Å²) in [4.78, 5) is 18.4. The number of nitrogens with one attached hydrogen (secondary N) is 1. The summed E-state index contributed by atoms with van der Waals surface area (Å²) in [6.07, 6.45) is 17.1. The molecule has 12 atom stereocenters. The SMILES string of the molecule is CN[C@@](C)(CO[C@H]1[C@H](n2ncnc2/C=C/C2CC2)C[C@@]23COC[C@]1(C)[C@@H]2CC[C@H]1C3=CC[C@@]2(C)[C@H](C(=O)O)[C@@](C)([C@H](C)C(C)C)CC[C@]12C)C(C)C. The van der Waals surface area contributed by atoms with Crippen LogP contribution in [0.5, 0.6) is 0 Å². The van der Waals surface area contributed by atoms with Crippen LogP contribution in [0, 0.1) is 68.5 Å². The molecular weight excluding hydrogens is 649 g/mol. The van der Waals surface area contributed by atoms with E-state index < -0.39 is 11.9 Å². The molecule has 2 heterocycles. The van der Waals surface area contributed by atoms with E-state index in [1.165, 1.54) is 12.8 Å². The Kier molecular flexibility index (Phi) is 9.59. The van der Waals surface area contributed by atoms with Gasteiger partial charge in [-0.1, -0.05) is 80.0 Å². The van der Waals surface area contributed by atoms with Gasteiger partial charge >= 0.3 is 5.97 Å². The zero-order valence-electron chi connectivity index (χ0n) is 34.3. The first kappa shape index (κ1) is 38.3. The fraction of sp³-hybridized carbons (Fsp3) is 0.841. The second kappa shape index (κ2) is 13.0. The standard InChI is InChI=1S/C44H70N4O4/c1-27(2)29(5)39(6)20-21-41(8)31-15-16-34-40(7)23-51-25-44(34,32(31)18-19-42(41,9)36(39)38(49)50)22-33(37(40)52-24-43(10,45-11)28(3)4)48-35(46-26-47-48)17-14-30-12-13-30/h14,17-18,26-31,33-34,36-37,45H,12-13,15-16,19-25H2,1-11H3,(H,49,50)/b17-14+/t29-,31+,33-,34+,36-,37+,39-,40-,41-,42+,43+,44+/m1/s1. The highest BCUT2D eigenvalue weighted by Gasteiger charge is 2.72. The first-order valence-electron chi connectivity index (χ1n) is 20.8. The summed E-state index contributed by atoms with van der Waals surface area (Å²) in [5, 5.41) is 19.7. The number of aliphatic carboxylic acids is 1. The third-order valence-corrected chi connectivity index (χ3v) is 17.6. The first-order valence-corrected chi connectivity index (χ1v) is 20.8. The first-order chi connectivity index (χ1) is 24.4. The van der Waals surface area contributed by atoms with E-state index in [9.17, 15) is 9.90 Å². The monoisotopic (exact) mass is 719 g/mol. The highest BCUT2D eigenvalue weighted by atomic mass is 16.5. The Bertz CT molecular complexity index is 1580. The number of hydrogen-bond acceptors (Lipinski definition) is 6. The fourth-order valence-electron chi connectivity index (χ4n) is 13.1. The molecule has 0 radical (unpaired) electrons. The van der Waals surface area contributed by atoms with Gasteiger partial charge in [0.15, 0.2) is 5.82 Å². The van der Waals surface area contributed by atoms with Crippen molar-refractivity contribution in [2.75, 3.05) is 26.9 Å². The number of hydrogen-bond donors (Lipinski definition) is 2. The fourth-order valence-corrected chi connectivity index (χ4v) is 13.1. The van der Waals surface area contributed by atoms with E-state index >= 15 is 0 Å². The molecule has 290 valence electrons. The van der Waals surface area contributed by atoms with Crippen molar-refractivity contribution in [2.45, 2.75) is 138 Å². The van der Waals surface area contributed by atoms with E-state index in [0.717, 1.165) is 44.3 Å². The lowest BCUT2D eigenvalue weighted by molar-refractivity contribution is -0.253. The molecule has 0 unspecified atom stereocenters. The molecule has 52 heavy (non-hydrogen) atoms. The predicted molar refractivity (Wildman–Crippen MR) is 206 cm³/mol. The van der Waals surface area contributed by atoms with E-state index in [2.05, 4.69) is 97.5 Å². The number of rotatable bonds is 11. The van der Waals surface area contributed by atoms with Gasteiger partial charge < -0.3 is 19.9 Å². The van der Waals surface area contributed by atoms with Gasteiger partial charge in [-0.25, -0.2) is 9.67 Å². The van der Waals surface area contributed by atoms with Gasteiger partial charge in [0, 0.05) is 16.4 Å². The molecule has 2 bridgehead atoms. The summed E-state index contributed by atoms with van der Waals surface area (Å²) in [5.41, 5.74) is 0.274. The minimum atomic E-state index is -0.605. The summed E-state index contributed by atoms with van der Waals surface area (Å²) < 4.78 is 16.3. The Labute approximate surface area is 314 Å². The molecule has 4 saturated carbocycles. The number of likely N-dealkylation sites (N-methyl/N-ethyl adjacent to an activating group) is 1. The van der Waals surface area contributed by atoms with Gasteiger partial charge in [-0.2, -0.15) is 5.10 Å². The summed E-state index contributed by atoms with van der Waals surface area (Å²) in [7, 11) is 2.05. The van der Waals surface area contributed by atoms with Gasteiger partial charge in [0.1, 0.15) is 6.33 Å². The number of fused-ring (bicyclic) bond motifs is 3. The lowest BCUT2D eigenvalue weighted by Crippen LogP contribution is -2.69. The zero-order valence-corrected chi connectivity index (χ0v) is 34.3. The minimum Gasteiger partial charge on any atom is -0.481 e. The molecule has 1 aromatic heterocycles. The van der Waals surface area contributed by atoms with Gasteiger partial charge in [0.25, 0.3) is 0 Å². The maximum Gasteiger partial charge on any atom is 0.307 e. The molecule has 7 rings (SSSR count). The van der Waals surface area contributed by atoms with E-state index in [4.69, 9.17) is 19.6 Å². The average molecular weight is 719 g/mol. The van der Waals surface area contributed by atoms with Crippen LogP contribution in [-0.4, -0.2) is 64.4 Å². The minimum absolute atomic E-state index is 0.00570. The van der Waals surface area contributed by atoms with Crippen molar-refractivity contribution in [1.29, 1.82) is 0 Å². The summed E-state index contributed by atoms with van der Waals surface area (Å²) in [6, 6.07) is -0.00570. The lowest BCUT2D eigenvalue weighted by Gasteiger charge is -2.71. The molecule has 0 spiro atoms. The van der Waals surface area contributed by atoms with Crippen LogP contribution in [-0.2, 0) is 14.3 Å². The number of carboxylic acid groups (broad SMARTS) is 1. The second-order valence-corrected chi connectivity index (χ2v) is 20.4.